The molecule has 154 valence electrons. The topological polar surface area (TPSA) is 60.4 Å². The summed E-state index contributed by atoms with van der Waals surface area (Å²) in [6.45, 7) is 3.02. The average molecular weight is 389 g/mol. The molecule has 1 atom stereocenters. The molecule has 1 N–H and O–H groups in total. The lowest BCUT2D eigenvalue weighted by Gasteiger charge is -2.25. The summed E-state index contributed by atoms with van der Waals surface area (Å²) in [6, 6.07) is 15.3. The summed E-state index contributed by atoms with van der Waals surface area (Å²) >= 11 is 0. The van der Waals surface area contributed by atoms with Crippen molar-refractivity contribution in [3.05, 3.63) is 54.1 Å². The van der Waals surface area contributed by atoms with Gasteiger partial charge in [0.2, 0.25) is 0 Å². The fourth-order valence-corrected chi connectivity index (χ4v) is 2.87. The molecule has 0 heterocycles. The van der Waals surface area contributed by atoms with Crippen molar-refractivity contribution >= 4 is 0 Å². The maximum atomic E-state index is 10.5. The summed E-state index contributed by atoms with van der Waals surface area (Å²) in [5, 5.41) is 10.5. The number of hydrogen-bond donors (Lipinski definition) is 1. The van der Waals surface area contributed by atoms with Crippen molar-refractivity contribution in [3.63, 3.8) is 0 Å². The van der Waals surface area contributed by atoms with Gasteiger partial charge in [-0.05, 0) is 48.4 Å². The summed E-state index contributed by atoms with van der Waals surface area (Å²) in [6.07, 6.45) is 0.307. The molecule has 6 nitrogen and oxygen atoms in total. The van der Waals surface area contributed by atoms with Crippen LogP contribution in [0.3, 0.4) is 0 Å². The molecule has 0 aromatic heterocycles. The summed E-state index contributed by atoms with van der Waals surface area (Å²) in [4.78, 5) is 2.21. The second-order valence-electron chi connectivity index (χ2n) is 6.57. The zero-order chi connectivity index (χ0) is 20.2. The van der Waals surface area contributed by atoms with Gasteiger partial charge in [0.1, 0.15) is 30.0 Å². The first-order valence-electron chi connectivity index (χ1n) is 9.43. The molecule has 2 aromatic rings. The van der Waals surface area contributed by atoms with E-state index in [0.717, 1.165) is 31.0 Å². The Morgan fingerprint density at radius 3 is 2.00 bits per heavy atom. The molecule has 28 heavy (non-hydrogen) atoms. The van der Waals surface area contributed by atoms with Crippen molar-refractivity contribution in [2.75, 3.05) is 47.6 Å². The Hall–Kier alpha value is -2.28. The number of rotatable bonds is 13. The highest BCUT2D eigenvalue weighted by molar-refractivity contribution is 5.31. The van der Waals surface area contributed by atoms with E-state index < -0.39 is 6.10 Å². The summed E-state index contributed by atoms with van der Waals surface area (Å²) in [5.74, 6) is 2.32. The first-order valence-corrected chi connectivity index (χ1v) is 9.43. The lowest BCUT2D eigenvalue weighted by Crippen LogP contribution is -2.36. The van der Waals surface area contributed by atoms with Crippen molar-refractivity contribution in [2.45, 2.75) is 19.1 Å². The van der Waals surface area contributed by atoms with Gasteiger partial charge in [-0.15, -0.1) is 0 Å². The van der Waals surface area contributed by atoms with Crippen LogP contribution in [0.4, 0.5) is 0 Å². The Morgan fingerprint density at radius 2 is 1.43 bits per heavy atom. The third-order valence-electron chi connectivity index (χ3n) is 4.36. The fraction of sp³-hybridized carbons (Fsp3) is 0.455. The van der Waals surface area contributed by atoms with E-state index in [0.29, 0.717) is 18.9 Å². The number of aliphatic hydroxyl groups excluding tert-OH is 1. The maximum absolute atomic E-state index is 10.5. The van der Waals surface area contributed by atoms with E-state index in [4.69, 9.17) is 18.9 Å². The normalized spacial score (nSPS) is 12.0. The van der Waals surface area contributed by atoms with Gasteiger partial charge in [0.25, 0.3) is 0 Å². The van der Waals surface area contributed by atoms with E-state index in [9.17, 15) is 5.11 Å². The van der Waals surface area contributed by atoms with E-state index in [2.05, 4.69) is 4.90 Å². The number of ether oxygens (including phenoxy) is 4. The van der Waals surface area contributed by atoms with Gasteiger partial charge < -0.3 is 24.1 Å². The molecule has 0 aliphatic heterocycles. The smallest absolute Gasteiger partial charge is 0.119 e. The molecule has 0 aliphatic rings. The van der Waals surface area contributed by atoms with Gasteiger partial charge in [0, 0.05) is 33.4 Å². The van der Waals surface area contributed by atoms with Crippen LogP contribution >= 0.6 is 0 Å². The van der Waals surface area contributed by atoms with Crippen LogP contribution in [0.5, 0.6) is 17.2 Å². The van der Waals surface area contributed by atoms with E-state index in [1.807, 2.05) is 48.5 Å². The van der Waals surface area contributed by atoms with E-state index in [1.165, 1.54) is 5.56 Å². The second kappa shape index (κ2) is 12.2. The van der Waals surface area contributed by atoms with Gasteiger partial charge in [-0.3, -0.25) is 4.90 Å². The van der Waals surface area contributed by atoms with E-state index in [-0.39, 0.29) is 6.61 Å². The quantitative estimate of drug-likeness (QED) is 0.532. The summed E-state index contributed by atoms with van der Waals surface area (Å²) in [7, 11) is 4.98. The van der Waals surface area contributed by atoms with Crippen molar-refractivity contribution in [1.82, 2.24) is 4.90 Å². The minimum absolute atomic E-state index is 0.232. The highest BCUT2D eigenvalue weighted by Crippen LogP contribution is 2.17. The van der Waals surface area contributed by atoms with Crippen molar-refractivity contribution in [1.29, 1.82) is 0 Å². The van der Waals surface area contributed by atoms with Crippen LogP contribution in [0.2, 0.25) is 0 Å². The number of aliphatic hydroxyl groups is 1. The lowest BCUT2D eigenvalue weighted by molar-refractivity contribution is 0.0617. The Kier molecular flexibility index (Phi) is 9.62. The van der Waals surface area contributed by atoms with Crippen LogP contribution in [0.1, 0.15) is 12.0 Å². The Labute approximate surface area is 167 Å². The minimum atomic E-state index is -0.595. The maximum Gasteiger partial charge on any atom is 0.119 e. The number of methoxy groups -OCH3 is 3. The Morgan fingerprint density at radius 1 is 0.857 bits per heavy atom. The van der Waals surface area contributed by atoms with Crippen molar-refractivity contribution in [2.24, 2.45) is 0 Å². The molecule has 0 saturated carbocycles. The van der Waals surface area contributed by atoms with Crippen molar-refractivity contribution in [3.8, 4) is 17.2 Å². The number of nitrogens with zero attached hydrogens (tertiary/aromatic N) is 1. The van der Waals surface area contributed by atoms with Gasteiger partial charge in [-0.2, -0.15) is 0 Å². The second-order valence-corrected chi connectivity index (χ2v) is 6.57. The molecule has 0 fully saturated rings. The fourth-order valence-electron chi connectivity index (χ4n) is 2.87. The van der Waals surface area contributed by atoms with Gasteiger partial charge in [0.15, 0.2) is 0 Å². The molecule has 0 unspecified atom stereocenters. The molecular formula is C22H31NO5. The third-order valence-corrected chi connectivity index (χ3v) is 4.36. The Bertz CT molecular complexity index is 660. The number of benzene rings is 2. The SMILES string of the molecule is COCCCN(Cc1ccc(OC)cc1)C[C@H](O)COc1ccc(OC)cc1. The molecule has 0 amide bonds. The standard InChI is InChI=1S/C22H31NO5/c1-25-14-4-13-23(15-18-5-7-20(26-2)8-6-18)16-19(24)17-28-22-11-9-21(27-3)10-12-22/h5-12,19,24H,4,13-17H2,1-3H3/t19-/m0/s1. The third kappa shape index (κ3) is 7.76. The minimum Gasteiger partial charge on any atom is -0.497 e. The molecule has 2 rings (SSSR count). The Balaban J connectivity index is 1.87. The molecule has 0 saturated heterocycles. The first kappa shape index (κ1) is 22.0. The van der Waals surface area contributed by atoms with Crippen LogP contribution in [0, 0.1) is 0 Å². The van der Waals surface area contributed by atoms with Crippen LogP contribution in [-0.4, -0.2) is 63.7 Å². The molecule has 2 aromatic carbocycles. The van der Waals surface area contributed by atoms with E-state index in [1.54, 1.807) is 21.3 Å². The molecule has 0 bridgehead atoms. The zero-order valence-electron chi connectivity index (χ0n) is 17.0. The van der Waals surface area contributed by atoms with Gasteiger partial charge in [-0.1, -0.05) is 12.1 Å². The van der Waals surface area contributed by atoms with Crippen molar-refractivity contribution < 1.29 is 24.1 Å². The van der Waals surface area contributed by atoms with Gasteiger partial charge in [0.05, 0.1) is 14.2 Å². The molecule has 0 aliphatic carbocycles. The highest BCUT2D eigenvalue weighted by atomic mass is 16.5. The molecule has 0 spiro atoms. The van der Waals surface area contributed by atoms with Crippen LogP contribution in [0.25, 0.3) is 0 Å². The van der Waals surface area contributed by atoms with Crippen LogP contribution < -0.4 is 14.2 Å². The van der Waals surface area contributed by atoms with Gasteiger partial charge in [-0.25, -0.2) is 0 Å². The highest BCUT2D eigenvalue weighted by Gasteiger charge is 2.13. The van der Waals surface area contributed by atoms with Gasteiger partial charge >= 0.3 is 0 Å². The lowest BCUT2D eigenvalue weighted by atomic mass is 10.2. The zero-order valence-corrected chi connectivity index (χ0v) is 17.0. The summed E-state index contributed by atoms with van der Waals surface area (Å²) < 4.78 is 21.2. The first-order chi connectivity index (χ1) is 13.6. The average Bonchev–Trinajstić information content (AvgIpc) is 2.73. The predicted molar refractivity (Wildman–Crippen MR) is 109 cm³/mol. The number of hydrogen-bond acceptors (Lipinski definition) is 6. The van der Waals surface area contributed by atoms with E-state index >= 15 is 0 Å². The predicted octanol–water partition coefficient (Wildman–Crippen LogP) is 2.98. The molecule has 6 heteroatoms. The molecular weight excluding hydrogens is 358 g/mol. The van der Waals surface area contributed by atoms with Crippen LogP contribution in [0.15, 0.2) is 48.5 Å². The van der Waals surface area contributed by atoms with Crippen LogP contribution in [-0.2, 0) is 11.3 Å². The monoisotopic (exact) mass is 389 g/mol. The molecule has 0 radical (unpaired) electrons. The summed E-state index contributed by atoms with van der Waals surface area (Å²) in [5.41, 5.74) is 1.17. The largest absolute Gasteiger partial charge is 0.497 e.